The summed E-state index contributed by atoms with van der Waals surface area (Å²) >= 11 is 0. The van der Waals surface area contributed by atoms with Crippen molar-refractivity contribution in [2.24, 2.45) is 0 Å². The van der Waals surface area contributed by atoms with Crippen molar-refractivity contribution in [1.82, 2.24) is 18.7 Å². The highest BCUT2D eigenvalue weighted by atomic mass is 15.0. The van der Waals surface area contributed by atoms with Crippen LogP contribution in [0.2, 0.25) is 0 Å². The number of nitrogens with zero attached hydrogens (tertiary/aromatic N) is 4. The van der Waals surface area contributed by atoms with Crippen molar-refractivity contribution >= 4 is 76.8 Å². The highest BCUT2D eigenvalue weighted by Crippen LogP contribution is 2.46. The number of aromatic nitrogens is 4. The molecule has 0 spiro atoms. The number of allylic oxidation sites excluding steroid dienone is 4. The molecule has 0 radical (unpaired) electrons. The van der Waals surface area contributed by atoms with Crippen LogP contribution in [0.5, 0.6) is 0 Å². The summed E-state index contributed by atoms with van der Waals surface area (Å²) in [6.45, 7) is 0. The van der Waals surface area contributed by atoms with Gasteiger partial charge in [0, 0.05) is 61.4 Å². The maximum absolute atomic E-state index is 4.93. The van der Waals surface area contributed by atoms with Gasteiger partial charge in [-0.25, -0.2) is 4.98 Å². The van der Waals surface area contributed by atoms with Crippen LogP contribution in [0.25, 0.3) is 99.3 Å². The van der Waals surface area contributed by atoms with Gasteiger partial charge in [0.1, 0.15) is 5.65 Å². The molecule has 0 bridgehead atoms. The molecule has 1 aliphatic rings. The molecule has 8 aromatic carbocycles. The Hall–Kier alpha value is -8.21. The van der Waals surface area contributed by atoms with E-state index < -0.39 is 0 Å². The fourth-order valence-corrected chi connectivity index (χ4v) is 10.6. The predicted molar refractivity (Wildman–Crippen MR) is 264 cm³/mol. The third-order valence-corrected chi connectivity index (χ3v) is 13.3. The molecular formula is C59H40N4. The maximum atomic E-state index is 4.93. The minimum absolute atomic E-state index is 0.0741. The second-order valence-corrected chi connectivity index (χ2v) is 16.7. The van der Waals surface area contributed by atoms with E-state index in [4.69, 9.17) is 4.98 Å². The molecule has 12 aromatic rings. The summed E-state index contributed by atoms with van der Waals surface area (Å²) in [6.07, 6.45) is 7.49. The quantitative estimate of drug-likeness (QED) is 0.164. The van der Waals surface area contributed by atoms with Crippen molar-refractivity contribution in [1.29, 1.82) is 0 Å². The van der Waals surface area contributed by atoms with Crippen molar-refractivity contribution in [3.63, 3.8) is 0 Å². The van der Waals surface area contributed by atoms with Gasteiger partial charge in [-0.3, -0.25) is 4.57 Å². The van der Waals surface area contributed by atoms with Crippen molar-refractivity contribution < 1.29 is 0 Å². The van der Waals surface area contributed by atoms with Crippen molar-refractivity contribution in [2.45, 2.75) is 12.3 Å². The van der Waals surface area contributed by atoms with Gasteiger partial charge >= 0.3 is 0 Å². The molecule has 0 saturated heterocycles. The average molecular weight is 805 g/mol. The van der Waals surface area contributed by atoms with E-state index in [1.54, 1.807) is 0 Å². The Labute approximate surface area is 364 Å². The van der Waals surface area contributed by atoms with Crippen LogP contribution in [0.4, 0.5) is 0 Å². The van der Waals surface area contributed by atoms with E-state index >= 15 is 0 Å². The first-order chi connectivity index (χ1) is 31.3. The first-order valence-electron chi connectivity index (χ1n) is 21.8. The topological polar surface area (TPSA) is 27.7 Å². The molecule has 1 aliphatic carbocycles. The van der Waals surface area contributed by atoms with E-state index in [9.17, 15) is 0 Å². The normalized spacial score (nSPS) is 14.3. The molecule has 0 saturated carbocycles. The Kier molecular flexibility index (Phi) is 8.00. The molecular weight excluding hydrogens is 765 g/mol. The fourth-order valence-electron chi connectivity index (χ4n) is 10.6. The molecule has 4 nitrogen and oxygen atoms in total. The zero-order chi connectivity index (χ0) is 41.4. The van der Waals surface area contributed by atoms with E-state index in [1.807, 2.05) is 12.3 Å². The summed E-state index contributed by atoms with van der Waals surface area (Å²) < 4.78 is 7.26. The summed E-state index contributed by atoms with van der Waals surface area (Å²) in [5.74, 6) is 0.0741. The van der Waals surface area contributed by atoms with Gasteiger partial charge in [-0.05, 0) is 101 Å². The van der Waals surface area contributed by atoms with Gasteiger partial charge in [0.15, 0.2) is 0 Å². The summed E-state index contributed by atoms with van der Waals surface area (Å²) in [4.78, 5) is 4.93. The molecule has 296 valence electrons. The van der Waals surface area contributed by atoms with Crippen LogP contribution in [0.1, 0.15) is 23.5 Å². The molecule has 0 N–H and O–H groups in total. The Morgan fingerprint density at radius 2 is 0.921 bits per heavy atom. The SMILES string of the molecule is C1=C(c2cccc(-c3ccccc3-n3c4ccccc4c4cccnc43)c2)[C@@H](c2cccc(-n3c4ccccc4c4ccccc43)c2)CC(n2c3ccccc3c3ccccc32)=C1. The lowest BCUT2D eigenvalue weighted by atomic mass is 9.80. The van der Waals surface area contributed by atoms with Crippen molar-refractivity contribution in [2.75, 3.05) is 0 Å². The zero-order valence-electron chi connectivity index (χ0n) is 34.4. The lowest BCUT2D eigenvalue weighted by Gasteiger charge is -2.28. The molecule has 4 heterocycles. The van der Waals surface area contributed by atoms with Crippen molar-refractivity contribution in [3.05, 3.63) is 236 Å². The number of para-hydroxylation sites is 6. The van der Waals surface area contributed by atoms with Crippen LogP contribution in [-0.4, -0.2) is 18.7 Å². The summed E-state index contributed by atoms with van der Waals surface area (Å²) in [7, 11) is 0. The largest absolute Gasteiger partial charge is 0.313 e. The number of fused-ring (bicyclic) bond motifs is 9. The van der Waals surface area contributed by atoms with Crippen LogP contribution in [0.15, 0.2) is 225 Å². The van der Waals surface area contributed by atoms with Crippen LogP contribution in [-0.2, 0) is 0 Å². The number of pyridine rings is 1. The molecule has 0 fully saturated rings. The Morgan fingerprint density at radius 3 is 1.59 bits per heavy atom. The van der Waals surface area contributed by atoms with Gasteiger partial charge in [0.2, 0.25) is 0 Å². The lowest BCUT2D eigenvalue weighted by molar-refractivity contribution is 0.853. The van der Waals surface area contributed by atoms with Crippen molar-refractivity contribution in [3.8, 4) is 22.5 Å². The Balaban J connectivity index is 0.998. The third-order valence-electron chi connectivity index (χ3n) is 13.3. The first kappa shape index (κ1) is 35.5. The minimum atomic E-state index is 0.0741. The van der Waals surface area contributed by atoms with Gasteiger partial charge in [0.25, 0.3) is 0 Å². The molecule has 4 heteroatoms. The van der Waals surface area contributed by atoms with E-state index in [0.717, 1.165) is 34.2 Å². The highest BCUT2D eigenvalue weighted by molar-refractivity contribution is 6.11. The van der Waals surface area contributed by atoms with Gasteiger partial charge < -0.3 is 9.13 Å². The number of benzene rings is 8. The Morgan fingerprint density at radius 1 is 0.397 bits per heavy atom. The maximum Gasteiger partial charge on any atom is 0.145 e. The second kappa shape index (κ2) is 14.2. The van der Waals surface area contributed by atoms with Crippen LogP contribution in [0, 0.1) is 0 Å². The monoisotopic (exact) mass is 804 g/mol. The first-order valence-corrected chi connectivity index (χ1v) is 21.8. The summed E-state index contributed by atoms with van der Waals surface area (Å²) in [5, 5.41) is 7.44. The number of hydrogen-bond donors (Lipinski definition) is 0. The van der Waals surface area contributed by atoms with Crippen LogP contribution < -0.4 is 0 Å². The third kappa shape index (κ3) is 5.51. The second-order valence-electron chi connectivity index (χ2n) is 16.7. The smallest absolute Gasteiger partial charge is 0.145 e. The minimum Gasteiger partial charge on any atom is -0.313 e. The molecule has 4 aromatic heterocycles. The van der Waals surface area contributed by atoms with Crippen LogP contribution >= 0.6 is 0 Å². The zero-order valence-corrected chi connectivity index (χ0v) is 34.4. The van der Waals surface area contributed by atoms with Gasteiger partial charge in [-0.2, -0.15) is 0 Å². The molecule has 1 atom stereocenters. The molecule has 13 rings (SSSR count). The number of hydrogen-bond acceptors (Lipinski definition) is 1. The number of rotatable bonds is 6. The Bertz CT molecular complexity index is 3690. The summed E-state index contributed by atoms with van der Waals surface area (Å²) in [6, 6.07) is 75.3. The molecule has 63 heavy (non-hydrogen) atoms. The van der Waals surface area contributed by atoms with Gasteiger partial charge in [0.05, 0.1) is 33.3 Å². The highest BCUT2D eigenvalue weighted by Gasteiger charge is 2.27. The van der Waals surface area contributed by atoms with Gasteiger partial charge in [-0.15, -0.1) is 0 Å². The fraction of sp³-hybridized carbons (Fsp3) is 0.0339. The molecule has 0 aliphatic heterocycles. The lowest BCUT2D eigenvalue weighted by Crippen LogP contribution is -2.11. The average Bonchev–Trinajstić information content (AvgIpc) is 4.00. The predicted octanol–water partition coefficient (Wildman–Crippen LogP) is 15.2. The van der Waals surface area contributed by atoms with E-state index in [2.05, 4.69) is 226 Å². The van der Waals surface area contributed by atoms with E-state index in [1.165, 1.54) is 82.6 Å². The van der Waals surface area contributed by atoms with E-state index in [0.29, 0.717) is 0 Å². The van der Waals surface area contributed by atoms with E-state index in [-0.39, 0.29) is 5.92 Å². The molecule has 0 unspecified atom stereocenters. The van der Waals surface area contributed by atoms with Crippen LogP contribution in [0.3, 0.4) is 0 Å². The molecule has 0 amide bonds. The van der Waals surface area contributed by atoms with Gasteiger partial charge in [-0.1, -0.05) is 146 Å². The standard InChI is InChI=1S/C59H40N4/c1-7-27-53(63-58-32-12-6-25-50(58)51-26-15-35-60-59(51)63)45(20-1)40-17-13-16-39(36-40)44-34-33-43(62-56-30-10-4-23-48(56)49-24-5-11-31-57(49)62)38-52(44)41-18-14-19-42(37-41)61-54-28-8-2-21-46(54)47-22-3-9-29-55(47)61/h1-37,52H,38H2/t52-/m1/s1. The summed E-state index contributed by atoms with van der Waals surface area (Å²) in [5.41, 5.74) is 16.7.